The minimum absolute atomic E-state index is 0.434. The Morgan fingerprint density at radius 3 is 2.44 bits per heavy atom. The van der Waals surface area contributed by atoms with Crippen LogP contribution in [0.2, 0.25) is 0 Å². The Morgan fingerprint density at radius 1 is 1.19 bits per heavy atom. The number of hydrogen-bond acceptors (Lipinski definition) is 2. The van der Waals surface area contributed by atoms with E-state index in [1.807, 2.05) is 0 Å². The maximum atomic E-state index is 5.36. The fraction of sp³-hybridized carbons (Fsp3) is 0.571. The number of nitrogens with one attached hydrogen (secondary N) is 1. The monoisotopic (exact) mass is 219 g/mol. The maximum absolute atomic E-state index is 5.36. The number of benzene rings is 1. The Labute approximate surface area is 98.0 Å². The molecule has 1 heterocycles. The van der Waals surface area contributed by atoms with Gasteiger partial charge in [0.15, 0.2) is 0 Å². The van der Waals surface area contributed by atoms with Gasteiger partial charge in [0.2, 0.25) is 0 Å². The lowest BCUT2D eigenvalue weighted by molar-refractivity contribution is 0.0754. The SMILES string of the molecule is Cc1ccc([C@@H](C)NC2CCOCC2)cc1. The van der Waals surface area contributed by atoms with Crippen LogP contribution >= 0.6 is 0 Å². The van der Waals surface area contributed by atoms with E-state index in [2.05, 4.69) is 43.4 Å². The summed E-state index contributed by atoms with van der Waals surface area (Å²) < 4.78 is 5.36. The molecule has 0 unspecified atom stereocenters. The van der Waals surface area contributed by atoms with Crippen LogP contribution in [0.25, 0.3) is 0 Å². The summed E-state index contributed by atoms with van der Waals surface area (Å²) >= 11 is 0. The summed E-state index contributed by atoms with van der Waals surface area (Å²) in [6.07, 6.45) is 2.27. The number of aryl methyl sites for hydroxylation is 1. The lowest BCUT2D eigenvalue weighted by Gasteiger charge is -2.27. The van der Waals surface area contributed by atoms with E-state index in [9.17, 15) is 0 Å². The molecule has 1 atom stereocenters. The normalized spacial score (nSPS) is 19.6. The molecule has 2 nitrogen and oxygen atoms in total. The van der Waals surface area contributed by atoms with Gasteiger partial charge in [-0.2, -0.15) is 0 Å². The molecule has 1 aliphatic heterocycles. The first-order valence-electron chi connectivity index (χ1n) is 6.16. The van der Waals surface area contributed by atoms with Crippen LogP contribution in [0.15, 0.2) is 24.3 Å². The first-order chi connectivity index (χ1) is 7.75. The molecule has 1 saturated heterocycles. The number of hydrogen-bond donors (Lipinski definition) is 1. The van der Waals surface area contributed by atoms with Crippen LogP contribution in [-0.4, -0.2) is 19.3 Å². The molecule has 0 bridgehead atoms. The van der Waals surface area contributed by atoms with Crippen LogP contribution in [-0.2, 0) is 4.74 Å². The smallest absolute Gasteiger partial charge is 0.0480 e. The highest BCUT2D eigenvalue weighted by Crippen LogP contribution is 2.16. The third-order valence-corrected chi connectivity index (χ3v) is 3.28. The van der Waals surface area contributed by atoms with Gasteiger partial charge in [-0.3, -0.25) is 0 Å². The average Bonchev–Trinajstić information content (AvgIpc) is 2.31. The van der Waals surface area contributed by atoms with Crippen LogP contribution < -0.4 is 5.32 Å². The largest absolute Gasteiger partial charge is 0.381 e. The Balaban J connectivity index is 1.91. The second-order valence-corrected chi connectivity index (χ2v) is 4.69. The van der Waals surface area contributed by atoms with E-state index < -0.39 is 0 Å². The summed E-state index contributed by atoms with van der Waals surface area (Å²) in [5.74, 6) is 0. The minimum atomic E-state index is 0.434. The van der Waals surface area contributed by atoms with E-state index in [4.69, 9.17) is 4.74 Å². The molecule has 16 heavy (non-hydrogen) atoms. The summed E-state index contributed by atoms with van der Waals surface area (Å²) in [6.45, 7) is 6.16. The van der Waals surface area contributed by atoms with Crippen molar-refractivity contribution in [2.75, 3.05) is 13.2 Å². The van der Waals surface area contributed by atoms with Gasteiger partial charge in [0.05, 0.1) is 0 Å². The topological polar surface area (TPSA) is 21.3 Å². The molecule has 88 valence electrons. The first-order valence-corrected chi connectivity index (χ1v) is 6.16. The molecule has 1 aromatic rings. The first kappa shape index (κ1) is 11.6. The Kier molecular flexibility index (Phi) is 3.97. The van der Waals surface area contributed by atoms with Gasteiger partial charge in [0, 0.05) is 25.3 Å². The molecule has 0 aliphatic carbocycles. The van der Waals surface area contributed by atoms with Crippen molar-refractivity contribution in [1.29, 1.82) is 0 Å². The van der Waals surface area contributed by atoms with Gasteiger partial charge in [-0.15, -0.1) is 0 Å². The van der Waals surface area contributed by atoms with Crippen molar-refractivity contribution in [2.45, 2.75) is 38.8 Å². The fourth-order valence-corrected chi connectivity index (χ4v) is 2.17. The molecule has 1 aliphatic rings. The van der Waals surface area contributed by atoms with E-state index in [1.165, 1.54) is 11.1 Å². The van der Waals surface area contributed by atoms with Crippen molar-refractivity contribution in [1.82, 2.24) is 5.32 Å². The van der Waals surface area contributed by atoms with Gasteiger partial charge >= 0.3 is 0 Å². The number of ether oxygens (including phenoxy) is 1. The van der Waals surface area contributed by atoms with E-state index >= 15 is 0 Å². The van der Waals surface area contributed by atoms with Crippen molar-refractivity contribution in [3.05, 3.63) is 35.4 Å². The van der Waals surface area contributed by atoms with Gasteiger partial charge in [-0.25, -0.2) is 0 Å². The second-order valence-electron chi connectivity index (χ2n) is 4.69. The molecule has 0 radical (unpaired) electrons. The molecular formula is C14H21NO. The quantitative estimate of drug-likeness (QED) is 0.844. The fourth-order valence-electron chi connectivity index (χ4n) is 2.17. The molecule has 1 fully saturated rings. The molecule has 0 aromatic heterocycles. The third-order valence-electron chi connectivity index (χ3n) is 3.28. The summed E-state index contributed by atoms with van der Waals surface area (Å²) in [5, 5.41) is 3.67. The molecule has 2 heteroatoms. The van der Waals surface area contributed by atoms with Gasteiger partial charge in [-0.05, 0) is 32.3 Å². The standard InChI is InChI=1S/C14H21NO/c1-11-3-5-13(6-4-11)12(2)15-14-7-9-16-10-8-14/h3-6,12,14-15H,7-10H2,1-2H3/t12-/m1/s1. The van der Waals surface area contributed by atoms with Crippen LogP contribution in [0.4, 0.5) is 0 Å². The predicted octanol–water partition coefficient (Wildman–Crippen LogP) is 2.82. The van der Waals surface area contributed by atoms with Crippen molar-refractivity contribution < 1.29 is 4.74 Å². The lowest BCUT2D eigenvalue weighted by atomic mass is 10.0. The highest BCUT2D eigenvalue weighted by Gasteiger charge is 2.16. The van der Waals surface area contributed by atoms with Crippen molar-refractivity contribution in [3.8, 4) is 0 Å². The lowest BCUT2D eigenvalue weighted by Crippen LogP contribution is -2.36. The Morgan fingerprint density at radius 2 is 1.81 bits per heavy atom. The van der Waals surface area contributed by atoms with E-state index in [0.29, 0.717) is 12.1 Å². The summed E-state index contributed by atoms with van der Waals surface area (Å²) in [6, 6.07) is 9.84. The Hall–Kier alpha value is -0.860. The average molecular weight is 219 g/mol. The molecule has 1 aromatic carbocycles. The highest BCUT2D eigenvalue weighted by atomic mass is 16.5. The Bertz CT molecular complexity index is 314. The van der Waals surface area contributed by atoms with Crippen LogP contribution in [0, 0.1) is 6.92 Å². The molecule has 1 N–H and O–H groups in total. The van der Waals surface area contributed by atoms with Crippen LogP contribution in [0.1, 0.15) is 36.9 Å². The molecule has 2 rings (SSSR count). The zero-order valence-electron chi connectivity index (χ0n) is 10.2. The van der Waals surface area contributed by atoms with Crippen LogP contribution in [0.5, 0.6) is 0 Å². The second kappa shape index (κ2) is 5.46. The van der Waals surface area contributed by atoms with Crippen molar-refractivity contribution >= 4 is 0 Å². The zero-order valence-corrected chi connectivity index (χ0v) is 10.2. The highest BCUT2D eigenvalue weighted by molar-refractivity contribution is 5.23. The minimum Gasteiger partial charge on any atom is -0.381 e. The molecular weight excluding hydrogens is 198 g/mol. The summed E-state index contributed by atoms with van der Waals surface area (Å²) in [4.78, 5) is 0. The van der Waals surface area contributed by atoms with Crippen molar-refractivity contribution in [3.63, 3.8) is 0 Å². The molecule has 0 amide bonds. The third kappa shape index (κ3) is 3.06. The summed E-state index contributed by atoms with van der Waals surface area (Å²) in [7, 11) is 0. The van der Waals surface area contributed by atoms with Gasteiger partial charge in [-0.1, -0.05) is 29.8 Å². The van der Waals surface area contributed by atoms with E-state index in [1.54, 1.807) is 0 Å². The predicted molar refractivity (Wildman–Crippen MR) is 66.6 cm³/mol. The van der Waals surface area contributed by atoms with E-state index in [0.717, 1.165) is 26.1 Å². The number of rotatable bonds is 3. The van der Waals surface area contributed by atoms with Crippen LogP contribution in [0.3, 0.4) is 0 Å². The molecule has 0 spiro atoms. The molecule has 0 saturated carbocycles. The van der Waals surface area contributed by atoms with Gasteiger partial charge in [0.25, 0.3) is 0 Å². The van der Waals surface area contributed by atoms with Gasteiger partial charge < -0.3 is 10.1 Å². The zero-order chi connectivity index (χ0) is 11.4. The van der Waals surface area contributed by atoms with Crippen molar-refractivity contribution in [2.24, 2.45) is 0 Å². The van der Waals surface area contributed by atoms with Gasteiger partial charge in [0.1, 0.15) is 0 Å². The van der Waals surface area contributed by atoms with E-state index in [-0.39, 0.29) is 0 Å². The maximum Gasteiger partial charge on any atom is 0.0480 e. The summed E-state index contributed by atoms with van der Waals surface area (Å²) in [5.41, 5.74) is 2.69.